The average molecular weight is 335 g/mol. The quantitative estimate of drug-likeness (QED) is 0.818. The van der Waals surface area contributed by atoms with Crippen LogP contribution >= 0.6 is 12.4 Å². The normalized spacial score (nSPS) is 12.8. The molecule has 3 N–H and O–H groups in total. The van der Waals surface area contributed by atoms with Crippen LogP contribution in [0.1, 0.15) is 24.1 Å². The number of hydrogen-bond acceptors (Lipinski definition) is 3. The molecule has 5 heteroatoms. The Labute approximate surface area is 143 Å². The van der Waals surface area contributed by atoms with Gasteiger partial charge in [-0.1, -0.05) is 60.7 Å². The summed E-state index contributed by atoms with van der Waals surface area (Å²) in [6.07, 6.45) is 0. The van der Waals surface area contributed by atoms with E-state index < -0.39 is 6.04 Å². The third kappa shape index (κ3) is 6.40. The molecule has 2 aromatic carbocycles. The van der Waals surface area contributed by atoms with E-state index in [4.69, 9.17) is 10.5 Å². The number of halogens is 1. The first-order chi connectivity index (χ1) is 10.7. The van der Waals surface area contributed by atoms with Gasteiger partial charge >= 0.3 is 0 Å². The molecule has 0 radical (unpaired) electrons. The Kier molecular flexibility index (Phi) is 8.33. The largest absolute Gasteiger partial charge is 0.374 e. The number of amides is 1. The Balaban J connectivity index is 0.00000264. The molecule has 1 unspecified atom stereocenters. The molecule has 0 aliphatic carbocycles. The molecular weight excluding hydrogens is 312 g/mol. The van der Waals surface area contributed by atoms with Crippen molar-refractivity contribution in [3.8, 4) is 0 Å². The molecule has 0 aliphatic rings. The number of ether oxygens (including phenoxy) is 1. The van der Waals surface area contributed by atoms with Gasteiger partial charge in [-0.2, -0.15) is 0 Å². The van der Waals surface area contributed by atoms with Gasteiger partial charge in [0.1, 0.15) is 0 Å². The molecule has 0 bridgehead atoms. The molecule has 0 saturated carbocycles. The van der Waals surface area contributed by atoms with Crippen molar-refractivity contribution in [2.24, 2.45) is 5.73 Å². The minimum absolute atomic E-state index is 0. The zero-order chi connectivity index (χ0) is 15.8. The van der Waals surface area contributed by atoms with Gasteiger partial charge in [-0.25, -0.2) is 0 Å². The first-order valence-electron chi connectivity index (χ1n) is 7.39. The molecule has 2 rings (SSSR count). The molecule has 23 heavy (non-hydrogen) atoms. The number of benzene rings is 2. The van der Waals surface area contributed by atoms with Crippen LogP contribution in [0.4, 0.5) is 0 Å². The van der Waals surface area contributed by atoms with E-state index in [2.05, 4.69) is 5.32 Å². The first-order valence-corrected chi connectivity index (χ1v) is 7.39. The lowest BCUT2D eigenvalue weighted by atomic mass is 10.1. The minimum atomic E-state index is -0.541. The summed E-state index contributed by atoms with van der Waals surface area (Å²) < 4.78 is 5.76. The SMILES string of the molecule is C[C@@H](N)C(=O)NC(COCc1ccccc1)c1ccccc1.Cl. The number of nitrogens with one attached hydrogen (secondary N) is 1. The lowest BCUT2D eigenvalue weighted by molar-refractivity contribution is -0.123. The Morgan fingerprint density at radius 3 is 2.22 bits per heavy atom. The lowest BCUT2D eigenvalue weighted by Crippen LogP contribution is -2.41. The van der Waals surface area contributed by atoms with Crippen molar-refractivity contribution in [1.82, 2.24) is 5.32 Å². The van der Waals surface area contributed by atoms with E-state index in [1.54, 1.807) is 6.92 Å². The number of hydrogen-bond donors (Lipinski definition) is 2. The summed E-state index contributed by atoms with van der Waals surface area (Å²) in [5, 5.41) is 2.93. The maximum atomic E-state index is 11.9. The molecule has 2 aromatic rings. The summed E-state index contributed by atoms with van der Waals surface area (Å²) in [4.78, 5) is 11.9. The van der Waals surface area contributed by atoms with Gasteiger partial charge in [-0.3, -0.25) is 4.79 Å². The van der Waals surface area contributed by atoms with Crippen LogP contribution in [0, 0.1) is 0 Å². The Morgan fingerprint density at radius 2 is 1.65 bits per heavy atom. The van der Waals surface area contributed by atoms with E-state index in [9.17, 15) is 4.79 Å². The highest BCUT2D eigenvalue weighted by molar-refractivity contribution is 5.85. The monoisotopic (exact) mass is 334 g/mol. The number of carbonyl (C=O) groups excluding carboxylic acids is 1. The van der Waals surface area contributed by atoms with Crippen molar-refractivity contribution >= 4 is 18.3 Å². The van der Waals surface area contributed by atoms with Crippen molar-refractivity contribution in [3.05, 3.63) is 71.8 Å². The van der Waals surface area contributed by atoms with Crippen LogP contribution in [-0.2, 0) is 16.1 Å². The molecule has 124 valence electrons. The van der Waals surface area contributed by atoms with Crippen molar-refractivity contribution in [3.63, 3.8) is 0 Å². The summed E-state index contributed by atoms with van der Waals surface area (Å²) in [5.41, 5.74) is 7.74. The fourth-order valence-corrected chi connectivity index (χ4v) is 2.08. The summed E-state index contributed by atoms with van der Waals surface area (Å²) >= 11 is 0. The zero-order valence-corrected chi connectivity index (χ0v) is 14.0. The summed E-state index contributed by atoms with van der Waals surface area (Å²) in [6.45, 7) is 2.58. The van der Waals surface area contributed by atoms with E-state index in [1.807, 2.05) is 60.7 Å². The second kappa shape index (κ2) is 10.0. The van der Waals surface area contributed by atoms with Crippen molar-refractivity contribution < 1.29 is 9.53 Å². The molecular formula is C18H23ClN2O2. The second-order valence-electron chi connectivity index (χ2n) is 5.26. The fourth-order valence-electron chi connectivity index (χ4n) is 2.08. The zero-order valence-electron chi connectivity index (χ0n) is 13.1. The van der Waals surface area contributed by atoms with E-state index >= 15 is 0 Å². The first kappa shape index (κ1) is 19.2. The molecule has 0 aliphatic heterocycles. The predicted molar refractivity (Wildman–Crippen MR) is 94.3 cm³/mol. The molecule has 0 saturated heterocycles. The van der Waals surface area contributed by atoms with Crippen LogP contribution in [-0.4, -0.2) is 18.6 Å². The van der Waals surface area contributed by atoms with Gasteiger partial charge in [0, 0.05) is 0 Å². The van der Waals surface area contributed by atoms with Gasteiger partial charge in [0.15, 0.2) is 0 Å². The molecule has 1 amide bonds. The highest BCUT2D eigenvalue weighted by Gasteiger charge is 2.16. The topological polar surface area (TPSA) is 64.4 Å². The van der Waals surface area contributed by atoms with E-state index in [0.29, 0.717) is 13.2 Å². The molecule has 0 fully saturated rings. The highest BCUT2D eigenvalue weighted by atomic mass is 35.5. The molecule has 0 aromatic heterocycles. The van der Waals surface area contributed by atoms with Crippen LogP contribution in [0.3, 0.4) is 0 Å². The smallest absolute Gasteiger partial charge is 0.237 e. The molecule has 0 heterocycles. The third-order valence-electron chi connectivity index (χ3n) is 3.33. The highest BCUT2D eigenvalue weighted by Crippen LogP contribution is 2.14. The van der Waals surface area contributed by atoms with Crippen molar-refractivity contribution in [2.45, 2.75) is 25.6 Å². The second-order valence-corrected chi connectivity index (χ2v) is 5.26. The average Bonchev–Trinajstić information content (AvgIpc) is 2.55. The van der Waals surface area contributed by atoms with Crippen LogP contribution in [0.15, 0.2) is 60.7 Å². The van der Waals surface area contributed by atoms with Gasteiger partial charge in [0.2, 0.25) is 5.91 Å². The Bertz CT molecular complexity index is 576. The van der Waals surface area contributed by atoms with E-state index in [1.165, 1.54) is 0 Å². The number of carbonyl (C=O) groups is 1. The number of nitrogens with two attached hydrogens (primary N) is 1. The van der Waals surface area contributed by atoms with Gasteiger partial charge in [-0.05, 0) is 18.1 Å². The summed E-state index contributed by atoms with van der Waals surface area (Å²) in [7, 11) is 0. The van der Waals surface area contributed by atoms with E-state index in [0.717, 1.165) is 11.1 Å². The Hall–Kier alpha value is -1.88. The number of rotatable bonds is 7. The standard InChI is InChI=1S/C18H22N2O2.ClH/c1-14(19)18(21)20-17(16-10-6-3-7-11-16)13-22-12-15-8-4-2-5-9-15;/h2-11,14,17H,12-13,19H2,1H3,(H,20,21);1H/t14-,17?;/m1./s1. The maximum Gasteiger partial charge on any atom is 0.237 e. The maximum absolute atomic E-state index is 11.9. The van der Waals surface area contributed by atoms with Gasteiger partial charge in [0.25, 0.3) is 0 Å². The van der Waals surface area contributed by atoms with E-state index in [-0.39, 0.29) is 24.4 Å². The van der Waals surface area contributed by atoms with Crippen LogP contribution in [0.25, 0.3) is 0 Å². The van der Waals surface area contributed by atoms with Gasteiger partial charge in [0.05, 0.1) is 25.3 Å². The predicted octanol–water partition coefficient (Wildman–Crippen LogP) is 2.83. The van der Waals surface area contributed by atoms with Gasteiger partial charge < -0.3 is 15.8 Å². The Morgan fingerprint density at radius 1 is 1.09 bits per heavy atom. The van der Waals surface area contributed by atoms with Crippen LogP contribution in [0.5, 0.6) is 0 Å². The molecule has 4 nitrogen and oxygen atoms in total. The van der Waals surface area contributed by atoms with Crippen LogP contribution < -0.4 is 11.1 Å². The minimum Gasteiger partial charge on any atom is -0.374 e. The van der Waals surface area contributed by atoms with Crippen molar-refractivity contribution in [2.75, 3.05) is 6.61 Å². The van der Waals surface area contributed by atoms with Crippen molar-refractivity contribution in [1.29, 1.82) is 0 Å². The molecule has 0 spiro atoms. The molecule has 2 atom stereocenters. The summed E-state index contributed by atoms with van der Waals surface area (Å²) in [5.74, 6) is -0.183. The summed E-state index contributed by atoms with van der Waals surface area (Å²) in [6, 6.07) is 19.0. The fraction of sp³-hybridized carbons (Fsp3) is 0.278. The lowest BCUT2D eigenvalue weighted by Gasteiger charge is -2.20. The van der Waals surface area contributed by atoms with Crippen LogP contribution in [0.2, 0.25) is 0 Å². The van der Waals surface area contributed by atoms with Gasteiger partial charge in [-0.15, -0.1) is 12.4 Å². The third-order valence-corrected chi connectivity index (χ3v) is 3.33.